The summed E-state index contributed by atoms with van der Waals surface area (Å²) in [6.45, 7) is 5.56. The van der Waals surface area contributed by atoms with Crippen LogP contribution in [0.1, 0.15) is 48.5 Å². The van der Waals surface area contributed by atoms with E-state index in [-0.39, 0.29) is 22.9 Å². The third kappa shape index (κ3) is 2.29. The largest absolute Gasteiger partial charge is 0.376 e. The number of nitrogens with one attached hydrogen (secondary N) is 2. The average Bonchev–Trinajstić information content (AvgIpc) is 3.10. The molecule has 3 rings (SSSR count). The Morgan fingerprint density at radius 2 is 2.23 bits per heavy atom. The van der Waals surface area contributed by atoms with Gasteiger partial charge in [0.25, 0.3) is 5.91 Å². The summed E-state index contributed by atoms with van der Waals surface area (Å²) in [4.78, 5) is 24.6. The van der Waals surface area contributed by atoms with Gasteiger partial charge >= 0.3 is 0 Å². The van der Waals surface area contributed by atoms with Gasteiger partial charge < -0.3 is 19.9 Å². The van der Waals surface area contributed by atoms with Gasteiger partial charge in [0, 0.05) is 18.4 Å². The van der Waals surface area contributed by atoms with Crippen LogP contribution in [0.2, 0.25) is 0 Å². The van der Waals surface area contributed by atoms with E-state index >= 15 is 0 Å². The molecule has 1 aromatic heterocycles. The number of nitrogens with zero attached hydrogens (tertiary/aromatic N) is 1. The number of rotatable bonds is 4. The van der Waals surface area contributed by atoms with Crippen molar-refractivity contribution in [1.29, 1.82) is 0 Å². The zero-order valence-corrected chi connectivity index (χ0v) is 12.9. The van der Waals surface area contributed by atoms with Gasteiger partial charge in [0.15, 0.2) is 5.69 Å². The first kappa shape index (κ1) is 15.0. The number of amides is 2. The predicted octanol–water partition coefficient (Wildman–Crippen LogP) is 0.782. The van der Waals surface area contributed by atoms with Crippen molar-refractivity contribution in [2.75, 3.05) is 13.2 Å². The fourth-order valence-corrected chi connectivity index (χ4v) is 3.28. The molecule has 2 aliphatic rings. The molecule has 0 saturated carbocycles. The van der Waals surface area contributed by atoms with Crippen LogP contribution in [0.25, 0.3) is 0 Å². The number of hydrogen-bond donors (Lipinski definition) is 2. The van der Waals surface area contributed by atoms with Crippen LogP contribution in [0.4, 0.5) is 0 Å². The van der Waals surface area contributed by atoms with Crippen molar-refractivity contribution >= 4 is 11.8 Å². The quantitative estimate of drug-likeness (QED) is 0.857. The Morgan fingerprint density at radius 1 is 1.45 bits per heavy atom. The standard InChI is InChI=1S/C15H21N3O4/c1-3-15(4-2)8-16-14(20)12(15)17-13(19)11-9-7-21-6-5-10(9)22-18-11/h12H,3-8H2,1-2H3,(H,16,20)(H,17,19). The first-order valence-electron chi connectivity index (χ1n) is 7.75. The normalized spacial score (nSPS) is 23.0. The number of ether oxygens (including phenoxy) is 1. The van der Waals surface area contributed by atoms with E-state index in [9.17, 15) is 9.59 Å². The molecule has 3 heterocycles. The maximum atomic E-state index is 12.5. The van der Waals surface area contributed by atoms with Crippen LogP contribution in [0.5, 0.6) is 0 Å². The van der Waals surface area contributed by atoms with Crippen molar-refractivity contribution in [1.82, 2.24) is 15.8 Å². The Morgan fingerprint density at radius 3 is 2.95 bits per heavy atom. The molecule has 1 unspecified atom stereocenters. The number of hydrogen-bond acceptors (Lipinski definition) is 5. The molecule has 1 atom stereocenters. The van der Waals surface area contributed by atoms with Crippen LogP contribution in [0.3, 0.4) is 0 Å². The van der Waals surface area contributed by atoms with Crippen LogP contribution in [-0.2, 0) is 22.6 Å². The molecule has 7 heteroatoms. The first-order chi connectivity index (χ1) is 10.6. The zero-order valence-electron chi connectivity index (χ0n) is 12.9. The second-order valence-corrected chi connectivity index (χ2v) is 5.93. The molecule has 1 fully saturated rings. The van der Waals surface area contributed by atoms with Gasteiger partial charge in [-0.05, 0) is 12.8 Å². The van der Waals surface area contributed by atoms with Crippen molar-refractivity contribution in [2.24, 2.45) is 5.41 Å². The number of carbonyl (C=O) groups is 2. The third-order valence-electron chi connectivity index (χ3n) is 4.98. The molecule has 2 N–H and O–H groups in total. The lowest BCUT2D eigenvalue weighted by Crippen LogP contribution is -2.49. The fourth-order valence-electron chi connectivity index (χ4n) is 3.28. The van der Waals surface area contributed by atoms with Crippen LogP contribution >= 0.6 is 0 Å². The van der Waals surface area contributed by atoms with E-state index in [0.717, 1.165) is 12.8 Å². The molecule has 7 nitrogen and oxygen atoms in total. The van der Waals surface area contributed by atoms with Crippen molar-refractivity contribution in [3.63, 3.8) is 0 Å². The van der Waals surface area contributed by atoms with Gasteiger partial charge in [-0.3, -0.25) is 9.59 Å². The van der Waals surface area contributed by atoms with Crippen LogP contribution in [0, 0.1) is 5.41 Å². The van der Waals surface area contributed by atoms with Crippen molar-refractivity contribution in [3.8, 4) is 0 Å². The van der Waals surface area contributed by atoms with Crippen molar-refractivity contribution in [2.45, 2.75) is 45.8 Å². The van der Waals surface area contributed by atoms with Gasteiger partial charge in [0.2, 0.25) is 5.91 Å². The van der Waals surface area contributed by atoms with Gasteiger partial charge in [-0.25, -0.2) is 0 Å². The zero-order chi connectivity index (χ0) is 15.7. The summed E-state index contributed by atoms with van der Waals surface area (Å²) in [6.07, 6.45) is 2.24. The van der Waals surface area contributed by atoms with Gasteiger partial charge in [-0.1, -0.05) is 19.0 Å². The lowest BCUT2D eigenvalue weighted by Gasteiger charge is -2.31. The van der Waals surface area contributed by atoms with E-state index in [1.165, 1.54) is 0 Å². The molecule has 2 aliphatic heterocycles. The Bertz CT molecular complexity index is 592. The van der Waals surface area contributed by atoms with E-state index in [1.54, 1.807) is 0 Å². The maximum absolute atomic E-state index is 12.5. The van der Waals surface area contributed by atoms with Crippen LogP contribution < -0.4 is 10.6 Å². The van der Waals surface area contributed by atoms with E-state index in [0.29, 0.717) is 37.5 Å². The first-order valence-corrected chi connectivity index (χ1v) is 7.75. The number of fused-ring (bicyclic) bond motifs is 1. The minimum absolute atomic E-state index is 0.134. The summed E-state index contributed by atoms with van der Waals surface area (Å²) in [5.41, 5.74) is 0.684. The summed E-state index contributed by atoms with van der Waals surface area (Å²) in [6, 6.07) is -0.535. The van der Waals surface area contributed by atoms with E-state index in [2.05, 4.69) is 15.8 Å². The molecular formula is C15H21N3O4. The topological polar surface area (TPSA) is 93.5 Å². The second-order valence-electron chi connectivity index (χ2n) is 5.93. The summed E-state index contributed by atoms with van der Waals surface area (Å²) in [5.74, 6) is 0.194. The van der Waals surface area contributed by atoms with E-state index < -0.39 is 6.04 Å². The van der Waals surface area contributed by atoms with E-state index in [1.807, 2.05) is 13.8 Å². The SMILES string of the molecule is CCC1(CC)CNC(=O)C1NC(=O)c1noc2c1COCC2. The Labute approximate surface area is 128 Å². The highest BCUT2D eigenvalue weighted by Crippen LogP contribution is 2.34. The minimum atomic E-state index is -0.535. The molecule has 0 bridgehead atoms. The summed E-state index contributed by atoms with van der Waals surface area (Å²) in [7, 11) is 0. The lowest BCUT2D eigenvalue weighted by atomic mass is 9.77. The Balaban J connectivity index is 1.81. The Kier molecular flexibility index (Phi) is 3.90. The van der Waals surface area contributed by atoms with Gasteiger partial charge in [-0.2, -0.15) is 0 Å². The maximum Gasteiger partial charge on any atom is 0.274 e. The molecule has 0 aliphatic carbocycles. The summed E-state index contributed by atoms with van der Waals surface area (Å²) < 4.78 is 10.6. The molecule has 0 spiro atoms. The second kappa shape index (κ2) is 5.72. The molecule has 0 aromatic carbocycles. The highest BCUT2D eigenvalue weighted by Gasteiger charge is 2.47. The number of carbonyl (C=O) groups excluding carboxylic acids is 2. The Hall–Kier alpha value is -1.89. The van der Waals surface area contributed by atoms with Gasteiger partial charge in [0.05, 0.1) is 18.8 Å². The fraction of sp³-hybridized carbons (Fsp3) is 0.667. The molecule has 2 amide bonds. The molecule has 0 radical (unpaired) electrons. The van der Waals surface area contributed by atoms with Gasteiger partial charge in [0.1, 0.15) is 11.8 Å². The summed E-state index contributed by atoms with van der Waals surface area (Å²) in [5, 5.41) is 9.56. The molecule has 22 heavy (non-hydrogen) atoms. The molecule has 120 valence electrons. The highest BCUT2D eigenvalue weighted by molar-refractivity contribution is 5.98. The van der Waals surface area contributed by atoms with Crippen LogP contribution in [-0.4, -0.2) is 36.2 Å². The molecule has 1 aromatic rings. The van der Waals surface area contributed by atoms with Crippen molar-refractivity contribution in [3.05, 3.63) is 17.0 Å². The monoisotopic (exact) mass is 307 g/mol. The molecular weight excluding hydrogens is 286 g/mol. The van der Waals surface area contributed by atoms with Crippen molar-refractivity contribution < 1.29 is 18.8 Å². The lowest BCUT2D eigenvalue weighted by molar-refractivity contribution is -0.121. The number of aromatic nitrogens is 1. The smallest absolute Gasteiger partial charge is 0.274 e. The minimum Gasteiger partial charge on any atom is -0.376 e. The highest BCUT2D eigenvalue weighted by atomic mass is 16.5. The predicted molar refractivity (Wildman–Crippen MR) is 77.1 cm³/mol. The average molecular weight is 307 g/mol. The van der Waals surface area contributed by atoms with Crippen LogP contribution in [0.15, 0.2) is 4.52 Å². The van der Waals surface area contributed by atoms with Gasteiger partial charge in [-0.15, -0.1) is 0 Å². The summed E-state index contributed by atoms with van der Waals surface area (Å²) >= 11 is 0. The third-order valence-corrected chi connectivity index (χ3v) is 4.98. The molecule has 1 saturated heterocycles. The van der Waals surface area contributed by atoms with E-state index in [4.69, 9.17) is 9.26 Å².